The maximum atomic E-state index is 13.1. The monoisotopic (exact) mass is 460 g/mol. The van der Waals surface area contributed by atoms with E-state index in [2.05, 4.69) is 11.3 Å². The molecule has 0 saturated heterocycles. The van der Waals surface area contributed by atoms with Gasteiger partial charge in [0.05, 0.1) is 11.6 Å². The molecule has 156 valence electrons. The Labute approximate surface area is 185 Å². The van der Waals surface area contributed by atoms with E-state index in [-0.39, 0.29) is 27.9 Å². The summed E-state index contributed by atoms with van der Waals surface area (Å²) in [5.41, 5.74) is 1.07. The number of sulfonamides is 1. The molecule has 0 fully saturated rings. The molecule has 0 bridgehead atoms. The molecule has 0 aliphatic carbocycles. The van der Waals surface area contributed by atoms with Crippen LogP contribution in [0.25, 0.3) is 0 Å². The Morgan fingerprint density at radius 1 is 1.13 bits per heavy atom. The highest BCUT2D eigenvalue weighted by atomic mass is 35.5. The number of nitrogens with one attached hydrogen (secondary N) is 1. The van der Waals surface area contributed by atoms with Crippen LogP contribution < -0.4 is 4.72 Å². The van der Waals surface area contributed by atoms with Gasteiger partial charge < -0.3 is 4.90 Å². The summed E-state index contributed by atoms with van der Waals surface area (Å²) in [4.78, 5) is 15.6. The number of thiophene rings is 1. The van der Waals surface area contributed by atoms with Crippen LogP contribution in [0.5, 0.6) is 0 Å². The number of amides is 1. The number of halogens is 1. The van der Waals surface area contributed by atoms with Crippen molar-refractivity contribution in [3.05, 3.63) is 99.7 Å². The quantitative estimate of drug-likeness (QED) is 0.470. The zero-order valence-corrected chi connectivity index (χ0v) is 18.5. The minimum atomic E-state index is -3.90. The molecule has 1 amide bonds. The number of nitrogens with zero attached hydrogens (tertiary/aromatic N) is 1. The molecule has 3 rings (SSSR count). The predicted octanol–water partition coefficient (Wildman–Crippen LogP) is 4.71. The molecular formula is C22H21ClN2O3S2. The van der Waals surface area contributed by atoms with Crippen molar-refractivity contribution >= 4 is 38.9 Å². The summed E-state index contributed by atoms with van der Waals surface area (Å²) in [7, 11) is -3.90. The molecular weight excluding hydrogens is 440 g/mol. The van der Waals surface area contributed by atoms with Gasteiger partial charge in [0, 0.05) is 23.5 Å². The SMILES string of the molecule is C=CCN(Cc1cccs1)C(=O)c1ccc(Cl)c(S(=O)(=O)NCc2ccccc2)c1. The molecule has 30 heavy (non-hydrogen) atoms. The summed E-state index contributed by atoms with van der Waals surface area (Å²) in [6, 6.07) is 17.3. The van der Waals surface area contributed by atoms with Crippen LogP contribution in [0.4, 0.5) is 0 Å². The highest BCUT2D eigenvalue weighted by Gasteiger charge is 2.22. The van der Waals surface area contributed by atoms with Crippen LogP contribution in [0.2, 0.25) is 5.02 Å². The van der Waals surface area contributed by atoms with Crippen molar-refractivity contribution < 1.29 is 13.2 Å². The molecule has 0 unspecified atom stereocenters. The Kier molecular flexibility index (Phi) is 7.44. The number of rotatable bonds is 9. The molecule has 0 aliphatic rings. The minimum Gasteiger partial charge on any atom is -0.330 e. The largest absolute Gasteiger partial charge is 0.330 e. The first-order valence-corrected chi connectivity index (χ1v) is 11.9. The van der Waals surface area contributed by atoms with E-state index >= 15 is 0 Å². The first-order chi connectivity index (χ1) is 14.4. The summed E-state index contributed by atoms with van der Waals surface area (Å²) in [5, 5.41) is 2.00. The number of carbonyl (C=O) groups excluding carboxylic acids is 1. The first-order valence-electron chi connectivity index (χ1n) is 9.16. The smallest absolute Gasteiger partial charge is 0.254 e. The van der Waals surface area contributed by atoms with Crippen molar-refractivity contribution in [1.29, 1.82) is 0 Å². The third-order valence-corrected chi connectivity index (χ3v) is 7.08. The van der Waals surface area contributed by atoms with E-state index in [9.17, 15) is 13.2 Å². The fraction of sp³-hybridized carbons (Fsp3) is 0.136. The van der Waals surface area contributed by atoms with Gasteiger partial charge in [0.1, 0.15) is 4.90 Å². The molecule has 0 radical (unpaired) electrons. The summed E-state index contributed by atoms with van der Waals surface area (Å²) in [6.45, 7) is 4.59. The van der Waals surface area contributed by atoms with Gasteiger partial charge >= 0.3 is 0 Å². The number of hydrogen-bond acceptors (Lipinski definition) is 4. The molecule has 0 aliphatic heterocycles. The third-order valence-electron chi connectivity index (χ3n) is 4.34. The van der Waals surface area contributed by atoms with Gasteiger partial charge in [-0.25, -0.2) is 13.1 Å². The second-order valence-corrected chi connectivity index (χ2v) is 9.68. The average molecular weight is 461 g/mol. The molecule has 2 aromatic carbocycles. The normalized spacial score (nSPS) is 11.2. The first kappa shape index (κ1) is 22.2. The Bertz CT molecular complexity index is 1110. The molecule has 0 spiro atoms. The van der Waals surface area contributed by atoms with E-state index in [1.54, 1.807) is 22.3 Å². The van der Waals surface area contributed by atoms with Crippen molar-refractivity contribution in [2.24, 2.45) is 0 Å². The lowest BCUT2D eigenvalue weighted by Gasteiger charge is -2.21. The molecule has 0 atom stereocenters. The third kappa shape index (κ3) is 5.58. The Morgan fingerprint density at radius 3 is 2.57 bits per heavy atom. The molecule has 0 saturated carbocycles. The standard InChI is InChI=1S/C22H21ClN2O3S2/c1-2-12-25(16-19-9-6-13-29-19)22(26)18-10-11-20(23)21(14-18)30(27,28)24-15-17-7-4-3-5-8-17/h2-11,13-14,24H,1,12,15-16H2. The number of benzene rings is 2. The van der Waals surface area contributed by atoms with Crippen LogP contribution in [0, 0.1) is 0 Å². The number of hydrogen-bond donors (Lipinski definition) is 1. The van der Waals surface area contributed by atoms with E-state index in [0.717, 1.165) is 10.4 Å². The highest BCUT2D eigenvalue weighted by molar-refractivity contribution is 7.89. The van der Waals surface area contributed by atoms with Crippen molar-refractivity contribution in [3.8, 4) is 0 Å². The van der Waals surface area contributed by atoms with Gasteiger partial charge in [-0.3, -0.25) is 4.79 Å². The van der Waals surface area contributed by atoms with Gasteiger partial charge in [0.15, 0.2) is 0 Å². The Hall–Kier alpha value is -2.45. The van der Waals surface area contributed by atoms with E-state index in [1.807, 2.05) is 47.8 Å². The van der Waals surface area contributed by atoms with Gasteiger partial charge in [0.2, 0.25) is 10.0 Å². The van der Waals surface area contributed by atoms with Crippen molar-refractivity contribution in [1.82, 2.24) is 9.62 Å². The van der Waals surface area contributed by atoms with Crippen molar-refractivity contribution in [3.63, 3.8) is 0 Å². The highest BCUT2D eigenvalue weighted by Crippen LogP contribution is 2.24. The van der Waals surface area contributed by atoms with Gasteiger partial charge in [-0.2, -0.15) is 0 Å². The maximum Gasteiger partial charge on any atom is 0.254 e. The zero-order chi connectivity index (χ0) is 21.6. The molecule has 3 aromatic rings. The second kappa shape index (κ2) is 10.0. The lowest BCUT2D eigenvalue weighted by atomic mass is 10.2. The molecule has 1 heterocycles. The average Bonchev–Trinajstić information content (AvgIpc) is 3.26. The van der Waals surface area contributed by atoms with Crippen LogP contribution in [0.15, 0.2) is 83.6 Å². The zero-order valence-electron chi connectivity index (χ0n) is 16.1. The van der Waals surface area contributed by atoms with E-state index < -0.39 is 10.0 Å². The van der Waals surface area contributed by atoms with Crippen LogP contribution >= 0.6 is 22.9 Å². The lowest BCUT2D eigenvalue weighted by Crippen LogP contribution is -2.31. The molecule has 1 N–H and O–H groups in total. The van der Waals surface area contributed by atoms with Gasteiger partial charge in [0.25, 0.3) is 5.91 Å². The summed E-state index contributed by atoms with van der Waals surface area (Å²) in [5.74, 6) is -0.292. The maximum absolute atomic E-state index is 13.1. The van der Waals surface area contributed by atoms with Gasteiger partial charge in [-0.05, 0) is 35.2 Å². The van der Waals surface area contributed by atoms with E-state index in [1.165, 1.54) is 18.2 Å². The Balaban J connectivity index is 1.83. The fourth-order valence-electron chi connectivity index (χ4n) is 2.84. The molecule has 5 nitrogen and oxygen atoms in total. The summed E-state index contributed by atoms with van der Waals surface area (Å²) < 4.78 is 28.2. The van der Waals surface area contributed by atoms with E-state index in [4.69, 9.17) is 11.6 Å². The van der Waals surface area contributed by atoms with Crippen molar-refractivity contribution in [2.75, 3.05) is 6.54 Å². The molecule has 1 aromatic heterocycles. The van der Waals surface area contributed by atoms with Gasteiger partial charge in [-0.15, -0.1) is 17.9 Å². The second-order valence-electron chi connectivity index (χ2n) is 6.51. The lowest BCUT2D eigenvalue weighted by molar-refractivity contribution is 0.0764. The minimum absolute atomic E-state index is 0.0561. The van der Waals surface area contributed by atoms with Crippen LogP contribution in [-0.2, 0) is 23.1 Å². The van der Waals surface area contributed by atoms with Crippen molar-refractivity contribution in [2.45, 2.75) is 18.0 Å². The summed E-state index contributed by atoms with van der Waals surface area (Å²) >= 11 is 7.71. The van der Waals surface area contributed by atoms with Crippen LogP contribution in [0.1, 0.15) is 20.8 Å². The topological polar surface area (TPSA) is 66.5 Å². The van der Waals surface area contributed by atoms with Crippen LogP contribution in [-0.4, -0.2) is 25.8 Å². The van der Waals surface area contributed by atoms with Gasteiger partial charge in [-0.1, -0.05) is 54.1 Å². The molecule has 8 heteroatoms. The van der Waals surface area contributed by atoms with E-state index in [0.29, 0.717) is 13.1 Å². The number of carbonyl (C=O) groups is 1. The Morgan fingerprint density at radius 2 is 1.90 bits per heavy atom. The van der Waals surface area contributed by atoms with Crippen LogP contribution in [0.3, 0.4) is 0 Å². The fourth-order valence-corrected chi connectivity index (χ4v) is 5.10. The predicted molar refractivity (Wildman–Crippen MR) is 121 cm³/mol. The summed E-state index contributed by atoms with van der Waals surface area (Å²) in [6.07, 6.45) is 1.64.